The third-order valence-corrected chi connectivity index (χ3v) is 5.93. The molecule has 8 nitrogen and oxygen atoms in total. The zero-order valence-electron chi connectivity index (χ0n) is 16.8. The lowest BCUT2D eigenvalue weighted by Gasteiger charge is -2.40. The molecule has 8 heteroatoms. The largest absolute Gasteiger partial charge is 0.469 e. The Labute approximate surface area is 174 Å². The molecule has 2 aliphatic heterocycles. The fourth-order valence-electron chi connectivity index (χ4n) is 4.62. The van der Waals surface area contributed by atoms with Gasteiger partial charge in [0.05, 0.1) is 30.7 Å². The summed E-state index contributed by atoms with van der Waals surface area (Å²) in [6, 6.07) is 12.3. The molecule has 30 heavy (non-hydrogen) atoms. The number of fused-ring (bicyclic) bond motifs is 1. The third-order valence-electron chi connectivity index (χ3n) is 5.93. The van der Waals surface area contributed by atoms with Gasteiger partial charge in [0.15, 0.2) is 0 Å². The van der Waals surface area contributed by atoms with Crippen molar-refractivity contribution >= 4 is 17.8 Å². The molecule has 0 unspecified atom stereocenters. The van der Waals surface area contributed by atoms with E-state index in [4.69, 9.17) is 10.00 Å². The number of methoxy groups -OCH3 is 1. The predicted octanol–water partition coefficient (Wildman–Crippen LogP) is 1.48. The highest BCUT2D eigenvalue weighted by atomic mass is 16.5. The fourth-order valence-corrected chi connectivity index (χ4v) is 4.62. The van der Waals surface area contributed by atoms with Crippen LogP contribution in [0.3, 0.4) is 0 Å². The van der Waals surface area contributed by atoms with E-state index in [1.54, 1.807) is 22.7 Å². The fraction of sp³-hybridized carbons (Fsp3) is 0.364. The van der Waals surface area contributed by atoms with E-state index in [-0.39, 0.29) is 30.4 Å². The van der Waals surface area contributed by atoms with E-state index >= 15 is 0 Å². The minimum absolute atomic E-state index is 0.0698. The summed E-state index contributed by atoms with van der Waals surface area (Å²) in [5.41, 5.74) is 1.63. The van der Waals surface area contributed by atoms with Crippen LogP contribution < -0.4 is 0 Å². The van der Waals surface area contributed by atoms with E-state index < -0.39 is 12.0 Å². The molecule has 3 atom stereocenters. The maximum atomic E-state index is 13.1. The van der Waals surface area contributed by atoms with E-state index in [9.17, 15) is 14.4 Å². The minimum atomic E-state index is -0.485. The van der Waals surface area contributed by atoms with Gasteiger partial charge in [-0.1, -0.05) is 30.3 Å². The number of hydrogen-bond acceptors (Lipinski definition) is 5. The minimum Gasteiger partial charge on any atom is -0.469 e. The monoisotopic (exact) mass is 406 g/mol. The Hall–Kier alpha value is -3.60. The molecule has 4 rings (SSSR count). The molecule has 1 aromatic carbocycles. The molecular formula is C22H22N4O4. The van der Waals surface area contributed by atoms with Crippen molar-refractivity contribution in [2.24, 2.45) is 13.0 Å². The van der Waals surface area contributed by atoms with Crippen LogP contribution in [0.25, 0.3) is 0 Å². The number of rotatable bonds is 3. The number of aromatic nitrogens is 1. The molecule has 2 fully saturated rings. The van der Waals surface area contributed by atoms with E-state index in [1.165, 1.54) is 18.1 Å². The van der Waals surface area contributed by atoms with Crippen LogP contribution in [0.4, 0.5) is 0 Å². The number of aryl methyl sites for hydroxylation is 1. The van der Waals surface area contributed by atoms with Gasteiger partial charge in [0.25, 0.3) is 5.91 Å². The second-order valence-corrected chi connectivity index (χ2v) is 7.70. The lowest BCUT2D eigenvalue weighted by molar-refractivity contribution is -0.147. The van der Waals surface area contributed by atoms with Crippen LogP contribution in [0.1, 0.15) is 34.1 Å². The van der Waals surface area contributed by atoms with Gasteiger partial charge < -0.3 is 19.1 Å². The van der Waals surface area contributed by atoms with Crippen LogP contribution in [0.5, 0.6) is 0 Å². The molecule has 154 valence electrons. The number of nitriles is 1. The second kappa shape index (κ2) is 7.67. The number of carbonyl (C=O) groups is 3. The Balaban J connectivity index is 1.63. The Morgan fingerprint density at radius 1 is 1.23 bits per heavy atom. The van der Waals surface area contributed by atoms with Crippen molar-refractivity contribution in [1.82, 2.24) is 14.4 Å². The maximum absolute atomic E-state index is 13.1. The first-order chi connectivity index (χ1) is 14.4. The third kappa shape index (κ3) is 3.22. The Kier molecular flexibility index (Phi) is 5.04. The molecule has 1 aromatic heterocycles. The zero-order chi connectivity index (χ0) is 21.4. The molecule has 0 spiro atoms. The molecule has 0 bridgehead atoms. The first-order valence-corrected chi connectivity index (χ1v) is 9.74. The molecular weight excluding hydrogens is 384 g/mol. The Morgan fingerprint density at radius 2 is 1.97 bits per heavy atom. The lowest BCUT2D eigenvalue weighted by Crippen LogP contribution is -2.56. The molecule has 2 aliphatic rings. The van der Waals surface area contributed by atoms with Gasteiger partial charge in [-0.05, 0) is 18.1 Å². The van der Waals surface area contributed by atoms with E-state index in [1.807, 2.05) is 36.4 Å². The highest BCUT2D eigenvalue weighted by molar-refractivity contribution is 5.96. The number of benzene rings is 1. The molecule has 0 saturated carbocycles. The average molecular weight is 406 g/mol. The van der Waals surface area contributed by atoms with Crippen molar-refractivity contribution in [3.05, 3.63) is 59.4 Å². The first-order valence-electron chi connectivity index (χ1n) is 9.74. The lowest BCUT2D eigenvalue weighted by atomic mass is 9.93. The van der Waals surface area contributed by atoms with Crippen molar-refractivity contribution in [1.29, 1.82) is 5.26 Å². The number of carbonyl (C=O) groups excluding carboxylic acids is 3. The van der Waals surface area contributed by atoms with Gasteiger partial charge in [0, 0.05) is 19.8 Å². The number of amides is 2. The van der Waals surface area contributed by atoms with Gasteiger partial charge in [0.1, 0.15) is 18.3 Å². The number of piperazine rings is 1. The summed E-state index contributed by atoms with van der Waals surface area (Å²) >= 11 is 0. The second-order valence-electron chi connectivity index (χ2n) is 7.70. The highest BCUT2D eigenvalue weighted by Crippen LogP contribution is 2.43. The molecule has 0 radical (unpaired) electrons. The van der Waals surface area contributed by atoms with Gasteiger partial charge in [0.2, 0.25) is 5.91 Å². The van der Waals surface area contributed by atoms with Gasteiger partial charge in [-0.15, -0.1) is 0 Å². The molecule has 0 N–H and O–H groups in total. The Bertz CT molecular complexity index is 1040. The maximum Gasteiger partial charge on any atom is 0.311 e. The summed E-state index contributed by atoms with van der Waals surface area (Å²) in [5, 5.41) is 9.08. The van der Waals surface area contributed by atoms with Crippen molar-refractivity contribution in [3.63, 3.8) is 0 Å². The van der Waals surface area contributed by atoms with Gasteiger partial charge in [-0.25, -0.2) is 0 Å². The zero-order valence-corrected chi connectivity index (χ0v) is 16.8. The molecule has 0 aliphatic carbocycles. The van der Waals surface area contributed by atoms with Gasteiger partial charge in [-0.3, -0.25) is 14.4 Å². The summed E-state index contributed by atoms with van der Waals surface area (Å²) < 4.78 is 6.60. The summed E-state index contributed by atoms with van der Waals surface area (Å²) in [7, 11) is 3.04. The standard InChI is InChI=1S/C22H22N4O4/c1-24-11-14(10-23)8-18(24)21(28)25-12-16-9-17(22(29)30-2)20(26(16)19(27)13-25)15-6-4-3-5-7-15/h3-8,11,16-17,20H,9,12-13H2,1-2H3/t16-,17-,20-/m0/s1. The van der Waals surface area contributed by atoms with Crippen molar-refractivity contribution < 1.29 is 19.1 Å². The molecule has 2 saturated heterocycles. The number of esters is 1. The van der Waals surface area contributed by atoms with Gasteiger partial charge >= 0.3 is 5.97 Å². The summed E-state index contributed by atoms with van der Waals surface area (Å²) in [4.78, 5) is 41.9. The van der Waals surface area contributed by atoms with Crippen LogP contribution in [0, 0.1) is 17.2 Å². The average Bonchev–Trinajstić information content (AvgIpc) is 3.34. The van der Waals surface area contributed by atoms with Crippen molar-refractivity contribution in [3.8, 4) is 6.07 Å². The number of hydrogen-bond donors (Lipinski definition) is 0. The van der Waals surface area contributed by atoms with Crippen LogP contribution in [-0.4, -0.2) is 58.4 Å². The van der Waals surface area contributed by atoms with Crippen LogP contribution in [0.15, 0.2) is 42.6 Å². The Morgan fingerprint density at radius 3 is 2.60 bits per heavy atom. The van der Waals surface area contributed by atoms with Crippen molar-refractivity contribution in [2.45, 2.75) is 18.5 Å². The van der Waals surface area contributed by atoms with Crippen molar-refractivity contribution in [2.75, 3.05) is 20.2 Å². The van der Waals surface area contributed by atoms with Gasteiger partial charge in [-0.2, -0.15) is 5.26 Å². The van der Waals surface area contributed by atoms with E-state index in [0.717, 1.165) is 5.56 Å². The number of ether oxygens (including phenoxy) is 1. The highest BCUT2D eigenvalue weighted by Gasteiger charge is 2.51. The smallest absolute Gasteiger partial charge is 0.311 e. The molecule has 2 amide bonds. The molecule has 2 aromatic rings. The van der Waals surface area contributed by atoms with E-state index in [2.05, 4.69) is 0 Å². The topological polar surface area (TPSA) is 95.6 Å². The van der Waals surface area contributed by atoms with Crippen LogP contribution in [0.2, 0.25) is 0 Å². The summed E-state index contributed by atoms with van der Waals surface area (Å²) in [6.07, 6.45) is 2.01. The van der Waals surface area contributed by atoms with E-state index in [0.29, 0.717) is 24.2 Å². The predicted molar refractivity (Wildman–Crippen MR) is 106 cm³/mol. The summed E-state index contributed by atoms with van der Waals surface area (Å²) in [6.45, 7) is 0.258. The first kappa shape index (κ1) is 19.7. The van der Waals surface area contributed by atoms with Crippen LogP contribution >= 0.6 is 0 Å². The summed E-state index contributed by atoms with van der Waals surface area (Å²) in [5.74, 6) is -1.34. The quantitative estimate of drug-likeness (QED) is 0.720. The SMILES string of the molecule is COC(=O)[C@H]1C[C@H]2CN(C(=O)c3cc(C#N)cn3C)CC(=O)N2[C@H]1c1ccccc1. The van der Waals surface area contributed by atoms with Crippen LogP contribution in [-0.2, 0) is 21.4 Å². The normalized spacial score (nSPS) is 23.1. The molecule has 3 heterocycles. The number of nitrogens with zero attached hydrogens (tertiary/aromatic N) is 4.